The molecule has 1 aromatic rings. The molecule has 0 spiro atoms. The van der Waals surface area contributed by atoms with Gasteiger partial charge < -0.3 is 9.64 Å². The van der Waals surface area contributed by atoms with Crippen LogP contribution in [0.2, 0.25) is 0 Å². The van der Waals surface area contributed by atoms with E-state index >= 15 is 0 Å². The molecule has 102 valence electrons. The molecule has 1 aliphatic rings. The van der Waals surface area contributed by atoms with Crippen LogP contribution in [0.3, 0.4) is 0 Å². The summed E-state index contributed by atoms with van der Waals surface area (Å²) in [4.78, 5) is 29.5. The predicted octanol–water partition coefficient (Wildman–Crippen LogP) is 1.55. The summed E-state index contributed by atoms with van der Waals surface area (Å²) >= 11 is 0. The topological polar surface area (TPSA) is 59.5 Å². The third-order valence-electron chi connectivity index (χ3n) is 3.53. The van der Waals surface area contributed by atoms with E-state index in [-0.39, 0.29) is 30.3 Å². The highest BCUT2D eigenvalue weighted by Crippen LogP contribution is 2.30. The molecular formula is C14H18N2O3. The molecule has 0 N–H and O–H groups in total. The van der Waals surface area contributed by atoms with Crippen molar-refractivity contribution in [3.8, 4) is 0 Å². The van der Waals surface area contributed by atoms with Crippen LogP contribution < -0.4 is 0 Å². The Balaban J connectivity index is 2.16. The molecule has 1 aliphatic heterocycles. The first kappa shape index (κ1) is 13.5. The summed E-state index contributed by atoms with van der Waals surface area (Å²) in [7, 11) is 1.36. The molecular weight excluding hydrogens is 244 g/mol. The molecule has 5 nitrogen and oxygen atoms in total. The van der Waals surface area contributed by atoms with Crippen molar-refractivity contribution in [3.63, 3.8) is 0 Å². The number of rotatable bonds is 4. The summed E-state index contributed by atoms with van der Waals surface area (Å²) in [6.07, 6.45) is 4.51. The van der Waals surface area contributed by atoms with Crippen LogP contribution in [0.4, 0.5) is 0 Å². The van der Waals surface area contributed by atoms with Crippen molar-refractivity contribution in [2.45, 2.75) is 25.8 Å². The van der Waals surface area contributed by atoms with E-state index in [9.17, 15) is 9.59 Å². The summed E-state index contributed by atoms with van der Waals surface area (Å²) in [5.41, 5.74) is 1.00. The van der Waals surface area contributed by atoms with Crippen LogP contribution in [0.5, 0.6) is 0 Å². The Hall–Kier alpha value is -1.91. The number of carbonyl (C=O) groups is 2. The van der Waals surface area contributed by atoms with Crippen molar-refractivity contribution >= 4 is 11.9 Å². The molecule has 0 radical (unpaired) electrons. The summed E-state index contributed by atoms with van der Waals surface area (Å²) in [6.45, 7) is 2.45. The zero-order valence-electron chi connectivity index (χ0n) is 11.2. The Bertz CT molecular complexity index is 461. The number of aromatic nitrogens is 1. The molecule has 2 heterocycles. The first-order chi connectivity index (χ1) is 9.17. The van der Waals surface area contributed by atoms with Crippen molar-refractivity contribution in [1.82, 2.24) is 9.88 Å². The number of methoxy groups -OCH3 is 1. The molecule has 1 saturated heterocycles. The second-order valence-electron chi connectivity index (χ2n) is 4.68. The second-order valence-corrected chi connectivity index (χ2v) is 4.68. The van der Waals surface area contributed by atoms with Crippen LogP contribution in [0.1, 0.15) is 31.4 Å². The summed E-state index contributed by atoms with van der Waals surface area (Å²) in [5.74, 6) is -0.647. The molecule has 1 fully saturated rings. The van der Waals surface area contributed by atoms with Gasteiger partial charge in [-0.25, -0.2) is 0 Å². The van der Waals surface area contributed by atoms with Gasteiger partial charge in [0.1, 0.15) is 0 Å². The maximum absolute atomic E-state index is 12.1. The van der Waals surface area contributed by atoms with Gasteiger partial charge in [-0.15, -0.1) is 0 Å². The number of hydrogen-bond donors (Lipinski definition) is 0. The lowest BCUT2D eigenvalue weighted by molar-refractivity contribution is -0.145. The minimum Gasteiger partial charge on any atom is -0.469 e. The number of hydrogen-bond acceptors (Lipinski definition) is 4. The van der Waals surface area contributed by atoms with E-state index in [1.165, 1.54) is 7.11 Å². The number of likely N-dealkylation sites (tertiary alicyclic amines) is 1. The number of esters is 1. The van der Waals surface area contributed by atoms with Gasteiger partial charge in [0.25, 0.3) is 0 Å². The van der Waals surface area contributed by atoms with Crippen LogP contribution in [0.25, 0.3) is 0 Å². The van der Waals surface area contributed by atoms with Gasteiger partial charge in [0.05, 0.1) is 19.1 Å². The zero-order chi connectivity index (χ0) is 13.8. The number of nitrogens with zero attached hydrogens (tertiary/aromatic N) is 2. The van der Waals surface area contributed by atoms with Crippen LogP contribution in [0, 0.1) is 5.92 Å². The van der Waals surface area contributed by atoms with Gasteiger partial charge in [-0.1, -0.05) is 13.0 Å². The standard InChI is InChI=1S/C14H18N2O3/c1-3-12(10-5-4-6-15-8-10)16-9-11(7-13(16)17)14(18)19-2/h4-6,8,11-12H,3,7,9H2,1-2H3. The largest absolute Gasteiger partial charge is 0.469 e. The van der Waals surface area contributed by atoms with Crippen molar-refractivity contribution in [2.75, 3.05) is 13.7 Å². The van der Waals surface area contributed by atoms with Crippen LogP contribution >= 0.6 is 0 Å². The first-order valence-corrected chi connectivity index (χ1v) is 6.44. The third kappa shape index (κ3) is 2.75. The summed E-state index contributed by atoms with van der Waals surface area (Å²) in [5, 5.41) is 0. The molecule has 2 unspecified atom stereocenters. The molecule has 5 heteroatoms. The minimum absolute atomic E-state index is 0.00565. The van der Waals surface area contributed by atoms with E-state index in [2.05, 4.69) is 4.98 Å². The fourth-order valence-electron chi connectivity index (χ4n) is 2.57. The van der Waals surface area contributed by atoms with E-state index < -0.39 is 0 Å². The maximum Gasteiger partial charge on any atom is 0.310 e. The van der Waals surface area contributed by atoms with Crippen molar-refractivity contribution < 1.29 is 14.3 Å². The lowest BCUT2D eigenvalue weighted by atomic mass is 10.1. The highest BCUT2D eigenvalue weighted by molar-refractivity contribution is 5.87. The highest BCUT2D eigenvalue weighted by atomic mass is 16.5. The second kappa shape index (κ2) is 5.82. The molecule has 0 aliphatic carbocycles. The molecule has 0 aromatic carbocycles. The van der Waals surface area contributed by atoms with Gasteiger partial charge in [-0.05, 0) is 18.1 Å². The number of ether oxygens (including phenoxy) is 1. The van der Waals surface area contributed by atoms with Gasteiger partial charge in [0.15, 0.2) is 0 Å². The molecule has 0 saturated carbocycles. The molecule has 2 rings (SSSR count). The van der Waals surface area contributed by atoms with Crippen LogP contribution in [0.15, 0.2) is 24.5 Å². The highest BCUT2D eigenvalue weighted by Gasteiger charge is 2.38. The van der Waals surface area contributed by atoms with Gasteiger partial charge in [0, 0.05) is 25.4 Å². The smallest absolute Gasteiger partial charge is 0.310 e. The fourth-order valence-corrected chi connectivity index (χ4v) is 2.57. The number of amides is 1. The normalized spacial score (nSPS) is 20.4. The van der Waals surface area contributed by atoms with E-state index in [0.29, 0.717) is 6.54 Å². The van der Waals surface area contributed by atoms with Crippen molar-refractivity contribution in [1.29, 1.82) is 0 Å². The zero-order valence-corrected chi connectivity index (χ0v) is 11.2. The quantitative estimate of drug-likeness (QED) is 0.772. The number of pyridine rings is 1. The average Bonchev–Trinajstić information content (AvgIpc) is 2.82. The first-order valence-electron chi connectivity index (χ1n) is 6.44. The van der Waals surface area contributed by atoms with E-state index in [1.54, 1.807) is 17.3 Å². The van der Waals surface area contributed by atoms with Gasteiger partial charge >= 0.3 is 5.97 Å². The molecule has 0 bridgehead atoms. The Morgan fingerprint density at radius 3 is 3.00 bits per heavy atom. The lowest BCUT2D eigenvalue weighted by Crippen LogP contribution is -2.31. The van der Waals surface area contributed by atoms with Crippen LogP contribution in [-0.2, 0) is 14.3 Å². The molecule has 1 aromatic heterocycles. The monoisotopic (exact) mass is 262 g/mol. The summed E-state index contributed by atoms with van der Waals surface area (Å²) < 4.78 is 4.72. The van der Waals surface area contributed by atoms with Gasteiger partial charge in [-0.2, -0.15) is 0 Å². The SMILES string of the molecule is CCC(c1cccnc1)N1CC(C(=O)OC)CC1=O. The van der Waals surface area contributed by atoms with E-state index in [4.69, 9.17) is 4.74 Å². The molecule has 1 amide bonds. The lowest BCUT2D eigenvalue weighted by Gasteiger charge is -2.27. The average molecular weight is 262 g/mol. The van der Waals surface area contributed by atoms with Crippen molar-refractivity contribution in [3.05, 3.63) is 30.1 Å². The van der Waals surface area contributed by atoms with Crippen molar-refractivity contribution in [2.24, 2.45) is 5.92 Å². The van der Waals surface area contributed by atoms with E-state index in [0.717, 1.165) is 12.0 Å². The number of carbonyl (C=O) groups excluding carboxylic acids is 2. The predicted molar refractivity (Wildman–Crippen MR) is 69.1 cm³/mol. The minimum atomic E-state index is -0.344. The Labute approximate surface area is 112 Å². The Morgan fingerprint density at radius 1 is 1.63 bits per heavy atom. The molecule has 19 heavy (non-hydrogen) atoms. The molecule has 2 atom stereocenters. The van der Waals surface area contributed by atoms with E-state index in [1.807, 2.05) is 19.1 Å². The summed E-state index contributed by atoms with van der Waals surface area (Å²) in [6, 6.07) is 3.80. The van der Waals surface area contributed by atoms with Crippen LogP contribution in [-0.4, -0.2) is 35.4 Å². The Kier molecular flexibility index (Phi) is 4.14. The van der Waals surface area contributed by atoms with Gasteiger partial charge in [-0.3, -0.25) is 14.6 Å². The maximum atomic E-state index is 12.1. The Morgan fingerprint density at radius 2 is 2.42 bits per heavy atom. The third-order valence-corrected chi connectivity index (χ3v) is 3.53. The van der Waals surface area contributed by atoms with Gasteiger partial charge in [0.2, 0.25) is 5.91 Å². The fraction of sp³-hybridized carbons (Fsp3) is 0.500.